The molecule has 1 amide bonds. The number of nitrogens with one attached hydrogen (secondary N) is 1. The van der Waals surface area contributed by atoms with Crippen LogP contribution < -0.4 is 11.1 Å². The van der Waals surface area contributed by atoms with Crippen LogP contribution in [0, 0.1) is 17.2 Å². The SMILES string of the molecule is CC1CCc2c(C(=O)NCCCc3nn(-c4ccccc4)c(N)c3C#N)csc2C1. The van der Waals surface area contributed by atoms with Crippen LogP contribution in [0.25, 0.3) is 5.69 Å². The minimum Gasteiger partial charge on any atom is -0.382 e. The van der Waals surface area contributed by atoms with Crippen molar-refractivity contribution in [2.24, 2.45) is 5.92 Å². The van der Waals surface area contributed by atoms with E-state index in [9.17, 15) is 10.1 Å². The lowest BCUT2D eigenvalue weighted by molar-refractivity contribution is 0.0952. The zero-order valence-electron chi connectivity index (χ0n) is 17.0. The number of thiophene rings is 1. The Morgan fingerprint density at radius 1 is 1.40 bits per heavy atom. The van der Waals surface area contributed by atoms with Crippen molar-refractivity contribution >= 4 is 23.1 Å². The van der Waals surface area contributed by atoms with Crippen molar-refractivity contribution in [1.82, 2.24) is 15.1 Å². The molecule has 3 N–H and O–H groups in total. The van der Waals surface area contributed by atoms with Crippen LogP contribution in [-0.2, 0) is 19.3 Å². The van der Waals surface area contributed by atoms with E-state index in [0.717, 1.165) is 30.5 Å². The van der Waals surface area contributed by atoms with Gasteiger partial charge in [0.2, 0.25) is 0 Å². The maximum Gasteiger partial charge on any atom is 0.252 e. The van der Waals surface area contributed by atoms with Crippen LogP contribution >= 0.6 is 11.3 Å². The summed E-state index contributed by atoms with van der Waals surface area (Å²) in [6.45, 7) is 2.80. The first kappa shape index (κ1) is 20.2. The Kier molecular flexibility index (Phi) is 5.86. The van der Waals surface area contributed by atoms with Crippen molar-refractivity contribution in [3.8, 4) is 11.8 Å². The average molecular weight is 420 g/mol. The molecule has 3 aromatic rings. The summed E-state index contributed by atoms with van der Waals surface area (Å²) in [5.41, 5.74) is 10.1. The van der Waals surface area contributed by atoms with E-state index in [0.29, 0.717) is 42.4 Å². The van der Waals surface area contributed by atoms with Crippen molar-refractivity contribution in [2.45, 2.75) is 39.0 Å². The summed E-state index contributed by atoms with van der Waals surface area (Å²) in [6, 6.07) is 11.7. The number of hydrogen-bond donors (Lipinski definition) is 2. The molecule has 1 aromatic carbocycles. The molecule has 0 saturated carbocycles. The minimum absolute atomic E-state index is 0.00288. The highest BCUT2D eigenvalue weighted by atomic mass is 32.1. The van der Waals surface area contributed by atoms with Crippen LogP contribution in [-0.4, -0.2) is 22.2 Å². The lowest BCUT2D eigenvalue weighted by Crippen LogP contribution is -2.26. The smallest absolute Gasteiger partial charge is 0.252 e. The van der Waals surface area contributed by atoms with Gasteiger partial charge in [0.1, 0.15) is 17.5 Å². The average Bonchev–Trinajstić information content (AvgIpc) is 3.31. The lowest BCUT2D eigenvalue weighted by atomic mass is 9.88. The minimum atomic E-state index is -0.00288. The van der Waals surface area contributed by atoms with Crippen molar-refractivity contribution in [1.29, 1.82) is 5.26 Å². The van der Waals surface area contributed by atoms with E-state index < -0.39 is 0 Å². The van der Waals surface area contributed by atoms with Gasteiger partial charge in [-0.15, -0.1) is 11.3 Å². The van der Waals surface area contributed by atoms with Crippen LogP contribution in [0.1, 0.15) is 51.8 Å². The van der Waals surface area contributed by atoms with Gasteiger partial charge in [0.25, 0.3) is 5.91 Å². The van der Waals surface area contributed by atoms with E-state index in [1.165, 1.54) is 10.4 Å². The van der Waals surface area contributed by atoms with E-state index in [1.54, 1.807) is 16.0 Å². The number of carbonyl (C=O) groups excluding carboxylic acids is 1. The first-order valence-corrected chi connectivity index (χ1v) is 11.2. The van der Waals surface area contributed by atoms with Crippen LogP contribution in [0.5, 0.6) is 0 Å². The highest BCUT2D eigenvalue weighted by Crippen LogP contribution is 2.32. The van der Waals surface area contributed by atoms with Gasteiger partial charge in [0.15, 0.2) is 0 Å². The number of nitrogen functional groups attached to an aromatic ring is 1. The second-order valence-electron chi connectivity index (χ2n) is 7.82. The van der Waals surface area contributed by atoms with Crippen LogP contribution in [0.3, 0.4) is 0 Å². The summed E-state index contributed by atoms with van der Waals surface area (Å²) in [7, 11) is 0. The predicted molar refractivity (Wildman–Crippen MR) is 119 cm³/mol. The number of benzene rings is 1. The number of carbonyl (C=O) groups is 1. The number of aromatic nitrogens is 2. The molecule has 0 fully saturated rings. The molecule has 7 heteroatoms. The maximum atomic E-state index is 12.6. The predicted octanol–water partition coefficient (Wildman–Crippen LogP) is 3.88. The summed E-state index contributed by atoms with van der Waals surface area (Å²) >= 11 is 1.70. The number of rotatable bonds is 6. The Labute approximate surface area is 180 Å². The molecule has 0 saturated heterocycles. The van der Waals surface area contributed by atoms with E-state index in [4.69, 9.17) is 5.73 Å². The number of nitrogens with zero attached hydrogens (tertiary/aromatic N) is 3. The fourth-order valence-corrected chi connectivity index (χ4v) is 5.21. The van der Waals surface area contributed by atoms with E-state index >= 15 is 0 Å². The Morgan fingerprint density at radius 2 is 2.20 bits per heavy atom. The Morgan fingerprint density at radius 3 is 2.97 bits per heavy atom. The normalized spacial score (nSPS) is 15.4. The van der Waals surface area contributed by atoms with Gasteiger partial charge in [-0.2, -0.15) is 10.4 Å². The number of para-hydroxylation sites is 1. The molecule has 0 aliphatic heterocycles. The second kappa shape index (κ2) is 8.72. The van der Waals surface area contributed by atoms with Gasteiger partial charge in [-0.05, 0) is 55.7 Å². The molecule has 30 heavy (non-hydrogen) atoms. The fourth-order valence-electron chi connectivity index (χ4n) is 3.96. The Bertz CT molecular complexity index is 1090. The molecule has 2 heterocycles. The molecule has 4 rings (SSSR count). The third kappa shape index (κ3) is 3.96. The van der Waals surface area contributed by atoms with Gasteiger partial charge in [-0.25, -0.2) is 4.68 Å². The Hall–Kier alpha value is -3.11. The first-order chi connectivity index (χ1) is 14.6. The molecule has 1 unspecified atom stereocenters. The molecule has 2 aromatic heterocycles. The lowest BCUT2D eigenvalue weighted by Gasteiger charge is -2.18. The highest BCUT2D eigenvalue weighted by Gasteiger charge is 2.23. The highest BCUT2D eigenvalue weighted by molar-refractivity contribution is 7.10. The molecular weight excluding hydrogens is 394 g/mol. The van der Waals surface area contributed by atoms with Gasteiger partial charge in [0.05, 0.1) is 16.9 Å². The molecule has 6 nitrogen and oxygen atoms in total. The molecule has 1 atom stereocenters. The molecule has 154 valence electrons. The molecule has 0 radical (unpaired) electrons. The fraction of sp³-hybridized carbons (Fsp3) is 0.348. The van der Waals surface area contributed by atoms with Gasteiger partial charge in [-0.3, -0.25) is 4.79 Å². The van der Waals surface area contributed by atoms with E-state index in [2.05, 4.69) is 23.4 Å². The number of anilines is 1. The monoisotopic (exact) mass is 419 g/mol. The number of amides is 1. The molecule has 1 aliphatic carbocycles. The van der Waals surface area contributed by atoms with Crippen molar-refractivity contribution in [2.75, 3.05) is 12.3 Å². The van der Waals surface area contributed by atoms with Gasteiger partial charge < -0.3 is 11.1 Å². The second-order valence-corrected chi connectivity index (χ2v) is 8.79. The summed E-state index contributed by atoms with van der Waals surface area (Å²) in [5.74, 6) is 1.04. The zero-order chi connectivity index (χ0) is 21.1. The number of fused-ring (bicyclic) bond motifs is 1. The zero-order valence-corrected chi connectivity index (χ0v) is 17.8. The van der Waals surface area contributed by atoms with E-state index in [-0.39, 0.29) is 5.91 Å². The van der Waals surface area contributed by atoms with E-state index in [1.807, 2.05) is 35.7 Å². The summed E-state index contributed by atoms with van der Waals surface area (Å²) < 4.78 is 1.60. The quantitative estimate of drug-likeness (QED) is 0.593. The first-order valence-electron chi connectivity index (χ1n) is 10.3. The number of hydrogen-bond acceptors (Lipinski definition) is 5. The molecule has 0 bridgehead atoms. The molecule has 1 aliphatic rings. The van der Waals surface area contributed by atoms with Crippen LogP contribution in [0.2, 0.25) is 0 Å². The maximum absolute atomic E-state index is 12.6. The van der Waals surface area contributed by atoms with Crippen LogP contribution in [0.15, 0.2) is 35.7 Å². The van der Waals surface area contributed by atoms with Crippen molar-refractivity contribution < 1.29 is 4.79 Å². The topological polar surface area (TPSA) is 96.7 Å². The molecule has 0 spiro atoms. The summed E-state index contributed by atoms with van der Waals surface area (Å²) in [5, 5.41) is 19.1. The molecular formula is C23H25N5OS. The van der Waals surface area contributed by atoms with Gasteiger partial charge in [-0.1, -0.05) is 25.1 Å². The van der Waals surface area contributed by atoms with Crippen molar-refractivity contribution in [3.63, 3.8) is 0 Å². The third-order valence-electron chi connectivity index (χ3n) is 5.63. The number of nitriles is 1. The van der Waals surface area contributed by atoms with Crippen molar-refractivity contribution in [3.05, 3.63) is 63.0 Å². The number of aryl methyl sites for hydroxylation is 1. The standard InChI is InChI=1S/C23H25N5OS/c1-15-9-10-17-19(14-30-21(17)12-15)23(29)26-11-5-8-20-18(13-24)22(25)28(27-20)16-6-3-2-4-7-16/h2-4,6-7,14-15H,5,8-12,25H2,1H3,(H,26,29). The van der Waals surface area contributed by atoms with Crippen LogP contribution in [0.4, 0.5) is 5.82 Å². The number of nitrogens with two attached hydrogens (primary N) is 1. The third-order valence-corrected chi connectivity index (χ3v) is 6.68. The largest absolute Gasteiger partial charge is 0.382 e. The summed E-state index contributed by atoms with van der Waals surface area (Å²) in [6.07, 6.45) is 4.48. The van der Waals surface area contributed by atoms with Gasteiger partial charge in [0, 0.05) is 16.8 Å². The summed E-state index contributed by atoms with van der Waals surface area (Å²) in [4.78, 5) is 14.0. The van der Waals surface area contributed by atoms with Gasteiger partial charge >= 0.3 is 0 Å². The Balaban J connectivity index is 1.37.